The summed E-state index contributed by atoms with van der Waals surface area (Å²) >= 11 is 1.28. The van der Waals surface area contributed by atoms with Crippen molar-refractivity contribution in [1.82, 2.24) is 10.2 Å². The summed E-state index contributed by atoms with van der Waals surface area (Å²) in [7, 11) is -3.53. The molecule has 7 nitrogen and oxygen atoms in total. The number of nitrogens with one attached hydrogen (secondary N) is 1. The molecule has 0 aliphatic carbocycles. The Bertz CT molecular complexity index is 978. The Morgan fingerprint density at radius 2 is 1.92 bits per heavy atom. The highest BCUT2D eigenvalue weighted by atomic mass is 32.2. The molecule has 1 amide bonds. The largest absolute Gasteiger partial charge is 0.455 e. The Kier molecular flexibility index (Phi) is 4.95. The Morgan fingerprint density at radius 3 is 2.60 bits per heavy atom. The van der Waals surface area contributed by atoms with Crippen LogP contribution in [-0.2, 0) is 22.0 Å². The van der Waals surface area contributed by atoms with Crippen LogP contribution in [0.3, 0.4) is 0 Å². The van der Waals surface area contributed by atoms with E-state index in [9.17, 15) is 13.2 Å². The van der Waals surface area contributed by atoms with Crippen LogP contribution < -0.4 is 5.32 Å². The van der Waals surface area contributed by atoms with Gasteiger partial charge >= 0.3 is 0 Å². The van der Waals surface area contributed by atoms with E-state index in [1.165, 1.54) is 35.6 Å². The number of hydrogen-bond acceptors (Lipinski definition) is 7. The van der Waals surface area contributed by atoms with Crippen LogP contribution >= 0.6 is 11.3 Å². The molecule has 2 heterocycles. The summed E-state index contributed by atoms with van der Waals surface area (Å²) in [4.78, 5) is 12.4. The summed E-state index contributed by atoms with van der Waals surface area (Å²) in [6.45, 7) is 1.94. The molecule has 1 aromatic carbocycles. The first kappa shape index (κ1) is 17.3. The third kappa shape index (κ3) is 4.12. The number of hydrogen-bond donors (Lipinski definition) is 1. The number of benzene rings is 1. The quantitative estimate of drug-likeness (QED) is 0.708. The fourth-order valence-corrected chi connectivity index (χ4v) is 4.02. The molecule has 0 bridgehead atoms. The number of carbonyl (C=O) groups is 1. The van der Waals surface area contributed by atoms with Crippen LogP contribution in [-0.4, -0.2) is 24.5 Å². The molecular weight excluding hydrogens is 362 g/mol. The zero-order chi connectivity index (χ0) is 17.9. The van der Waals surface area contributed by atoms with Crippen molar-refractivity contribution in [3.05, 3.63) is 59.0 Å². The number of sulfone groups is 1. The zero-order valence-electron chi connectivity index (χ0n) is 13.3. The number of amides is 1. The van der Waals surface area contributed by atoms with Crippen LogP contribution in [0.1, 0.15) is 28.2 Å². The molecule has 25 heavy (non-hydrogen) atoms. The van der Waals surface area contributed by atoms with Gasteiger partial charge in [0, 0.05) is 0 Å². The van der Waals surface area contributed by atoms with E-state index >= 15 is 0 Å². The normalized spacial score (nSPS) is 11.4. The van der Waals surface area contributed by atoms with Crippen molar-refractivity contribution in [2.24, 2.45) is 0 Å². The van der Waals surface area contributed by atoms with Crippen LogP contribution in [0.25, 0.3) is 0 Å². The van der Waals surface area contributed by atoms with Crippen LogP contribution in [0.2, 0.25) is 0 Å². The van der Waals surface area contributed by atoms with Gasteiger partial charge in [-0.1, -0.05) is 36.5 Å². The molecule has 2 aromatic heterocycles. The van der Waals surface area contributed by atoms with Gasteiger partial charge in [0.15, 0.2) is 15.6 Å². The lowest BCUT2D eigenvalue weighted by Crippen LogP contribution is -2.10. The lowest BCUT2D eigenvalue weighted by atomic mass is 10.4. The smallest absolute Gasteiger partial charge is 0.293 e. The molecule has 0 atom stereocenters. The van der Waals surface area contributed by atoms with Crippen molar-refractivity contribution >= 4 is 32.2 Å². The third-order valence-corrected chi connectivity index (χ3v) is 5.95. The molecule has 0 spiro atoms. The van der Waals surface area contributed by atoms with Crippen LogP contribution in [0.15, 0.2) is 51.8 Å². The van der Waals surface area contributed by atoms with Gasteiger partial charge in [-0.2, -0.15) is 0 Å². The Balaban J connectivity index is 1.70. The molecule has 0 radical (unpaired) electrons. The zero-order valence-corrected chi connectivity index (χ0v) is 14.9. The van der Waals surface area contributed by atoms with Crippen LogP contribution in [0, 0.1) is 0 Å². The molecule has 3 rings (SSSR count). The van der Waals surface area contributed by atoms with Gasteiger partial charge in [0.2, 0.25) is 5.13 Å². The van der Waals surface area contributed by atoms with E-state index in [1.807, 2.05) is 6.92 Å². The van der Waals surface area contributed by atoms with Crippen molar-refractivity contribution in [2.45, 2.75) is 24.0 Å². The van der Waals surface area contributed by atoms with E-state index in [0.29, 0.717) is 5.13 Å². The third-order valence-electron chi connectivity index (χ3n) is 3.31. The summed E-state index contributed by atoms with van der Waals surface area (Å²) < 4.78 is 30.0. The molecule has 0 saturated heterocycles. The molecule has 130 valence electrons. The maximum Gasteiger partial charge on any atom is 0.293 e. The lowest BCUT2D eigenvalue weighted by molar-refractivity contribution is 0.0995. The van der Waals surface area contributed by atoms with Crippen molar-refractivity contribution in [1.29, 1.82) is 0 Å². The minimum Gasteiger partial charge on any atom is -0.455 e. The summed E-state index contributed by atoms with van der Waals surface area (Å²) in [6, 6.07) is 11.0. The van der Waals surface area contributed by atoms with Crippen molar-refractivity contribution in [2.75, 3.05) is 5.32 Å². The molecule has 0 unspecified atom stereocenters. The first-order chi connectivity index (χ1) is 12.0. The lowest BCUT2D eigenvalue weighted by Gasteiger charge is -2.02. The Labute approximate surface area is 148 Å². The van der Waals surface area contributed by atoms with Gasteiger partial charge < -0.3 is 4.42 Å². The van der Waals surface area contributed by atoms with E-state index in [1.54, 1.807) is 18.2 Å². The van der Waals surface area contributed by atoms with Gasteiger partial charge in [0.25, 0.3) is 5.91 Å². The predicted molar refractivity (Wildman–Crippen MR) is 93.3 cm³/mol. The summed E-state index contributed by atoms with van der Waals surface area (Å²) in [5.74, 6) is -0.600. The molecule has 0 aliphatic rings. The number of aryl methyl sites for hydroxylation is 1. The standard InChI is InChI=1S/C16H15N3O4S2/c1-2-14-18-19-16(24-14)17-15(20)13-9-8-11(23-13)10-25(21,22)12-6-4-3-5-7-12/h3-9H,2,10H2,1H3,(H,17,19,20). The van der Waals surface area contributed by atoms with E-state index in [-0.39, 0.29) is 22.2 Å². The molecule has 0 saturated carbocycles. The maximum absolute atomic E-state index is 12.3. The fraction of sp³-hybridized carbons (Fsp3) is 0.188. The first-order valence-electron chi connectivity index (χ1n) is 7.48. The molecule has 9 heteroatoms. The van der Waals surface area contributed by atoms with Gasteiger partial charge in [-0.25, -0.2) is 8.42 Å². The van der Waals surface area contributed by atoms with Gasteiger partial charge in [0.1, 0.15) is 16.5 Å². The first-order valence-corrected chi connectivity index (χ1v) is 9.95. The van der Waals surface area contributed by atoms with Crippen molar-refractivity contribution in [3.8, 4) is 0 Å². The Morgan fingerprint density at radius 1 is 1.16 bits per heavy atom. The van der Waals surface area contributed by atoms with Gasteiger partial charge in [-0.05, 0) is 30.7 Å². The fourth-order valence-electron chi connectivity index (χ4n) is 2.08. The molecule has 3 aromatic rings. The second-order valence-corrected chi connectivity index (χ2v) is 8.20. The van der Waals surface area contributed by atoms with E-state index in [0.717, 1.165) is 11.4 Å². The number of furan rings is 1. The number of rotatable bonds is 6. The number of aromatic nitrogens is 2. The highest BCUT2D eigenvalue weighted by Crippen LogP contribution is 2.20. The minimum atomic E-state index is -3.53. The second kappa shape index (κ2) is 7.16. The highest BCUT2D eigenvalue weighted by Gasteiger charge is 2.19. The summed E-state index contributed by atoms with van der Waals surface area (Å²) in [5.41, 5.74) is 0. The molecular formula is C16H15N3O4S2. The van der Waals surface area contributed by atoms with Crippen LogP contribution in [0.5, 0.6) is 0 Å². The van der Waals surface area contributed by atoms with Crippen molar-refractivity contribution in [3.63, 3.8) is 0 Å². The topological polar surface area (TPSA) is 102 Å². The number of nitrogens with zero attached hydrogens (tertiary/aromatic N) is 2. The average Bonchev–Trinajstić information content (AvgIpc) is 3.24. The van der Waals surface area contributed by atoms with Gasteiger partial charge in [-0.15, -0.1) is 10.2 Å². The Hall–Kier alpha value is -2.52. The van der Waals surface area contributed by atoms with Crippen molar-refractivity contribution < 1.29 is 17.6 Å². The number of carbonyl (C=O) groups excluding carboxylic acids is 1. The molecule has 0 fully saturated rings. The van der Waals surface area contributed by atoms with Gasteiger partial charge in [0.05, 0.1) is 4.90 Å². The second-order valence-electron chi connectivity index (χ2n) is 5.15. The maximum atomic E-state index is 12.3. The SMILES string of the molecule is CCc1nnc(NC(=O)c2ccc(CS(=O)(=O)c3ccccc3)o2)s1. The van der Waals surface area contributed by atoms with E-state index in [4.69, 9.17) is 4.42 Å². The number of anilines is 1. The summed E-state index contributed by atoms with van der Waals surface area (Å²) in [5, 5.41) is 11.5. The van der Waals surface area contributed by atoms with Gasteiger partial charge in [-0.3, -0.25) is 10.1 Å². The van der Waals surface area contributed by atoms with Crippen LogP contribution in [0.4, 0.5) is 5.13 Å². The van der Waals surface area contributed by atoms with E-state index < -0.39 is 15.7 Å². The monoisotopic (exact) mass is 377 g/mol. The molecule has 0 aliphatic heterocycles. The predicted octanol–water partition coefficient (Wildman–Crippen LogP) is 2.92. The average molecular weight is 377 g/mol. The molecule has 1 N–H and O–H groups in total. The minimum absolute atomic E-state index is 0.0199. The summed E-state index contributed by atoms with van der Waals surface area (Å²) in [6.07, 6.45) is 0.732. The highest BCUT2D eigenvalue weighted by molar-refractivity contribution is 7.90. The van der Waals surface area contributed by atoms with E-state index in [2.05, 4.69) is 15.5 Å².